The molecule has 2 saturated heterocycles. The molecule has 8 unspecified atom stereocenters. The van der Waals surface area contributed by atoms with Crippen LogP contribution in [0.25, 0.3) is 0 Å². The Morgan fingerprint density at radius 2 is 1.10 bits per heavy atom. The molecule has 8 atom stereocenters. The summed E-state index contributed by atoms with van der Waals surface area (Å²) in [6.45, 7) is 0. The largest absolute Gasteiger partial charge is 0.274 e. The topological polar surface area (TPSA) is 116 Å². The maximum Gasteiger partial charge on any atom is 0.259 e. The molecule has 4 aliphatic carbocycles. The Bertz CT molecular complexity index is 946. The number of fused-ring (bicyclic) bond motifs is 10. The molecular formula is C20H17N5O4. The standard InChI is InChI=1S/C20H17N5O4/c26-15-11-7-1-2-8(5-7)12(11)16(27)24(15)19-21-20(23-22-19)25-17(28)13-9-3-4-10(6-9)14(13)18(25)29/h1-4,7-14H,5-6H2,(H,21,22,23). The van der Waals surface area contributed by atoms with Gasteiger partial charge in [0.1, 0.15) is 0 Å². The SMILES string of the molecule is O=C1C2C3C=CC(C3)C2C(=O)N1c1n[nH]c(N2C(=O)C3C4C=CC(C4)C3C2=O)n1. The van der Waals surface area contributed by atoms with Gasteiger partial charge in [-0.05, 0) is 36.5 Å². The number of carbonyl (C=O) groups excluding carboxylic acids is 4. The normalized spacial score (nSPS) is 43.4. The number of nitrogens with zero attached hydrogens (tertiary/aromatic N) is 4. The summed E-state index contributed by atoms with van der Waals surface area (Å²) in [7, 11) is 0. The first kappa shape index (κ1) is 15.8. The molecule has 2 saturated carbocycles. The van der Waals surface area contributed by atoms with E-state index in [2.05, 4.69) is 15.2 Å². The number of imide groups is 2. The second kappa shape index (κ2) is 4.90. The fourth-order valence-corrected chi connectivity index (χ4v) is 6.66. The minimum Gasteiger partial charge on any atom is -0.274 e. The molecule has 1 aromatic rings. The summed E-state index contributed by atoms with van der Waals surface area (Å²) in [6.07, 6.45) is 9.77. The Morgan fingerprint density at radius 1 is 0.690 bits per heavy atom. The molecule has 29 heavy (non-hydrogen) atoms. The summed E-state index contributed by atoms with van der Waals surface area (Å²) in [5, 5.41) is 6.63. The second-order valence-electron chi connectivity index (χ2n) is 8.98. The van der Waals surface area contributed by atoms with Gasteiger partial charge < -0.3 is 0 Å². The molecule has 1 aromatic heterocycles. The minimum absolute atomic E-state index is 0.0115. The van der Waals surface area contributed by atoms with Crippen LogP contribution in [0.3, 0.4) is 0 Å². The highest BCUT2D eigenvalue weighted by atomic mass is 16.2. The molecule has 2 aliphatic heterocycles. The first-order valence-corrected chi connectivity index (χ1v) is 10.1. The van der Waals surface area contributed by atoms with E-state index in [-0.39, 0.29) is 82.9 Å². The molecule has 4 bridgehead atoms. The zero-order valence-electron chi connectivity index (χ0n) is 15.3. The predicted molar refractivity (Wildman–Crippen MR) is 96.8 cm³/mol. The van der Waals surface area contributed by atoms with Crippen LogP contribution < -0.4 is 9.80 Å². The van der Waals surface area contributed by atoms with E-state index in [4.69, 9.17) is 0 Å². The molecular weight excluding hydrogens is 374 g/mol. The molecule has 7 rings (SSSR count). The molecule has 146 valence electrons. The van der Waals surface area contributed by atoms with Crippen LogP contribution in [-0.4, -0.2) is 38.8 Å². The van der Waals surface area contributed by atoms with Gasteiger partial charge in [-0.25, -0.2) is 14.9 Å². The number of carbonyl (C=O) groups is 4. The van der Waals surface area contributed by atoms with Crippen LogP contribution in [0.4, 0.5) is 11.9 Å². The third-order valence-electron chi connectivity index (χ3n) is 7.81. The summed E-state index contributed by atoms with van der Waals surface area (Å²) >= 11 is 0. The lowest BCUT2D eigenvalue weighted by Gasteiger charge is -2.14. The van der Waals surface area contributed by atoms with Crippen molar-refractivity contribution in [3.63, 3.8) is 0 Å². The molecule has 0 radical (unpaired) electrons. The number of hydrogen-bond acceptors (Lipinski definition) is 6. The van der Waals surface area contributed by atoms with Crippen LogP contribution in [0, 0.1) is 47.3 Å². The van der Waals surface area contributed by atoms with Gasteiger partial charge in [0, 0.05) is 0 Å². The molecule has 0 spiro atoms. The van der Waals surface area contributed by atoms with Gasteiger partial charge >= 0.3 is 0 Å². The van der Waals surface area contributed by atoms with Crippen LogP contribution in [0.15, 0.2) is 24.3 Å². The van der Waals surface area contributed by atoms with Crippen molar-refractivity contribution < 1.29 is 19.2 Å². The van der Waals surface area contributed by atoms with Crippen LogP contribution >= 0.6 is 0 Å². The Morgan fingerprint density at radius 3 is 1.55 bits per heavy atom. The molecule has 0 aromatic carbocycles. The summed E-state index contributed by atoms with van der Waals surface area (Å²) in [5.41, 5.74) is 0. The molecule has 4 fully saturated rings. The van der Waals surface area contributed by atoms with Gasteiger partial charge in [0.15, 0.2) is 0 Å². The number of hydrogen-bond donors (Lipinski definition) is 1. The fourth-order valence-electron chi connectivity index (χ4n) is 6.66. The third-order valence-corrected chi connectivity index (χ3v) is 7.81. The number of amides is 4. The number of allylic oxidation sites excluding steroid dienone is 4. The van der Waals surface area contributed by atoms with Gasteiger partial charge in [-0.15, -0.1) is 5.10 Å². The van der Waals surface area contributed by atoms with Gasteiger partial charge in [-0.3, -0.25) is 19.2 Å². The number of rotatable bonds is 2. The van der Waals surface area contributed by atoms with Gasteiger partial charge in [0.2, 0.25) is 29.6 Å². The van der Waals surface area contributed by atoms with Crippen molar-refractivity contribution in [2.24, 2.45) is 47.3 Å². The average Bonchev–Trinajstić information content (AvgIpc) is 3.51. The van der Waals surface area contributed by atoms with Gasteiger partial charge in [0.25, 0.3) is 5.95 Å². The molecule has 3 heterocycles. The Kier molecular flexibility index (Phi) is 2.66. The van der Waals surface area contributed by atoms with Crippen molar-refractivity contribution in [3.05, 3.63) is 24.3 Å². The number of aromatic amines is 1. The van der Waals surface area contributed by atoms with Crippen molar-refractivity contribution in [2.75, 3.05) is 9.80 Å². The minimum atomic E-state index is -0.351. The van der Waals surface area contributed by atoms with E-state index >= 15 is 0 Å². The monoisotopic (exact) mass is 391 g/mol. The fraction of sp³-hybridized carbons (Fsp3) is 0.500. The second-order valence-corrected chi connectivity index (χ2v) is 8.98. The van der Waals surface area contributed by atoms with E-state index in [0.29, 0.717) is 0 Å². The first-order valence-electron chi connectivity index (χ1n) is 10.1. The van der Waals surface area contributed by atoms with E-state index in [9.17, 15) is 19.2 Å². The highest BCUT2D eigenvalue weighted by Crippen LogP contribution is 2.54. The van der Waals surface area contributed by atoms with Gasteiger partial charge in [-0.1, -0.05) is 24.3 Å². The Balaban J connectivity index is 1.21. The zero-order chi connectivity index (χ0) is 19.6. The summed E-state index contributed by atoms with van der Waals surface area (Å²) in [5.74, 6) is -2.25. The van der Waals surface area contributed by atoms with Crippen molar-refractivity contribution in [1.82, 2.24) is 15.2 Å². The van der Waals surface area contributed by atoms with Crippen molar-refractivity contribution in [2.45, 2.75) is 12.8 Å². The highest BCUT2D eigenvalue weighted by molar-refractivity contribution is 6.23. The zero-order valence-corrected chi connectivity index (χ0v) is 15.3. The van der Waals surface area contributed by atoms with Crippen LogP contribution in [-0.2, 0) is 19.2 Å². The lowest BCUT2D eigenvalue weighted by molar-refractivity contribution is -0.124. The van der Waals surface area contributed by atoms with E-state index in [0.717, 1.165) is 22.6 Å². The lowest BCUT2D eigenvalue weighted by atomic mass is 9.85. The van der Waals surface area contributed by atoms with E-state index in [1.165, 1.54) is 0 Å². The van der Waals surface area contributed by atoms with E-state index in [1.807, 2.05) is 24.3 Å². The molecule has 1 N–H and O–H groups in total. The maximum absolute atomic E-state index is 12.9. The molecule has 4 amide bonds. The third kappa shape index (κ3) is 1.69. The van der Waals surface area contributed by atoms with E-state index in [1.54, 1.807) is 0 Å². The van der Waals surface area contributed by atoms with Crippen LogP contribution in [0.1, 0.15) is 12.8 Å². The Hall–Kier alpha value is -3.10. The summed E-state index contributed by atoms with van der Waals surface area (Å²) < 4.78 is 0. The van der Waals surface area contributed by atoms with Crippen LogP contribution in [0.5, 0.6) is 0 Å². The summed E-state index contributed by atoms with van der Waals surface area (Å²) in [6, 6.07) is 0. The molecule has 9 heteroatoms. The average molecular weight is 391 g/mol. The first-order chi connectivity index (χ1) is 14.0. The summed E-state index contributed by atoms with van der Waals surface area (Å²) in [4.78, 5) is 58.0. The van der Waals surface area contributed by atoms with Crippen LogP contribution in [0.2, 0.25) is 0 Å². The quantitative estimate of drug-likeness (QED) is 0.577. The predicted octanol–water partition coefficient (Wildman–Crippen LogP) is 0.428. The number of anilines is 2. The molecule has 9 nitrogen and oxygen atoms in total. The van der Waals surface area contributed by atoms with Crippen molar-refractivity contribution in [1.29, 1.82) is 0 Å². The smallest absolute Gasteiger partial charge is 0.259 e. The van der Waals surface area contributed by atoms with Gasteiger partial charge in [-0.2, -0.15) is 4.98 Å². The van der Waals surface area contributed by atoms with Crippen molar-refractivity contribution >= 4 is 35.5 Å². The maximum atomic E-state index is 12.9. The molecule has 6 aliphatic rings. The highest BCUT2D eigenvalue weighted by Gasteiger charge is 2.62. The number of H-pyrrole nitrogens is 1. The van der Waals surface area contributed by atoms with Gasteiger partial charge in [0.05, 0.1) is 23.7 Å². The lowest BCUT2D eigenvalue weighted by Crippen LogP contribution is -2.35. The van der Waals surface area contributed by atoms with Crippen molar-refractivity contribution in [3.8, 4) is 0 Å². The number of aromatic nitrogens is 3. The van der Waals surface area contributed by atoms with E-state index < -0.39 is 0 Å². The Labute approximate surface area is 164 Å². The number of nitrogens with one attached hydrogen (secondary N) is 1.